The Balaban J connectivity index is 1.07. The molecule has 0 bridgehead atoms. The number of amides is 6. The van der Waals surface area contributed by atoms with Crippen LogP contribution in [0.5, 0.6) is 0 Å². The molecule has 13 heteroatoms. The van der Waals surface area contributed by atoms with Gasteiger partial charge in [0.1, 0.15) is 6.04 Å². The normalized spacial score (nSPS) is 17.8. The van der Waals surface area contributed by atoms with Crippen molar-refractivity contribution in [1.29, 1.82) is 0 Å². The number of hydrogen-bond donors (Lipinski definition) is 5. The number of fused-ring (bicyclic) bond motifs is 2. The number of piperidine rings is 1. The van der Waals surface area contributed by atoms with Crippen molar-refractivity contribution in [3.8, 4) is 0 Å². The molecule has 1 aromatic heterocycles. The van der Waals surface area contributed by atoms with Crippen molar-refractivity contribution in [2.24, 2.45) is 0 Å². The average molecular weight is 666 g/mol. The second-order valence-electron chi connectivity index (χ2n) is 12.8. The first kappa shape index (κ1) is 33.3. The van der Waals surface area contributed by atoms with E-state index in [-0.39, 0.29) is 35.8 Å². The van der Waals surface area contributed by atoms with Crippen molar-refractivity contribution in [1.82, 2.24) is 25.4 Å². The van der Waals surface area contributed by atoms with Crippen LogP contribution in [0.15, 0.2) is 36.4 Å². The summed E-state index contributed by atoms with van der Waals surface area (Å²) in [6, 6.07) is 9.84. The first-order valence-electron chi connectivity index (χ1n) is 16.3. The number of aromatic nitrogens is 1. The fourth-order valence-electron chi connectivity index (χ4n) is 6.55. The number of carbonyl (C=O) groups is 6. The zero-order chi connectivity index (χ0) is 35.0. The zero-order valence-corrected chi connectivity index (χ0v) is 27.9. The monoisotopic (exact) mass is 665 g/mol. The lowest BCUT2D eigenvalue weighted by atomic mass is 10.0. The van der Waals surface area contributed by atoms with Crippen LogP contribution in [0.2, 0.25) is 0 Å². The van der Waals surface area contributed by atoms with E-state index in [4.69, 9.17) is 0 Å². The van der Waals surface area contributed by atoms with E-state index in [2.05, 4.69) is 31.2 Å². The van der Waals surface area contributed by atoms with E-state index in [9.17, 15) is 28.8 Å². The minimum Gasteiger partial charge on any atom is -0.384 e. The fraction of sp³-hybridized carbons (Fsp3) is 0.333. The Morgan fingerprint density at radius 2 is 1.80 bits per heavy atom. The Labute approximate surface area is 283 Å². The molecule has 1 fully saturated rings. The van der Waals surface area contributed by atoms with Gasteiger partial charge in [-0.05, 0) is 88.7 Å². The lowest BCUT2D eigenvalue weighted by Gasteiger charge is -2.27. The zero-order valence-electron chi connectivity index (χ0n) is 27.9. The van der Waals surface area contributed by atoms with Crippen molar-refractivity contribution in [3.05, 3.63) is 81.2 Å². The van der Waals surface area contributed by atoms with Crippen LogP contribution in [-0.4, -0.2) is 90.0 Å². The predicted molar refractivity (Wildman–Crippen MR) is 184 cm³/mol. The molecule has 6 amide bonds. The number of imide groups is 2. The molecule has 0 aliphatic carbocycles. The quantitative estimate of drug-likeness (QED) is 0.118. The van der Waals surface area contributed by atoms with E-state index >= 15 is 0 Å². The summed E-state index contributed by atoms with van der Waals surface area (Å²) in [5.74, 6) is -2.69. The molecule has 3 aromatic rings. The van der Waals surface area contributed by atoms with E-state index in [1.807, 2.05) is 46.1 Å². The second kappa shape index (κ2) is 13.5. The average Bonchev–Trinajstić information content (AvgIpc) is 3.62. The summed E-state index contributed by atoms with van der Waals surface area (Å²) in [6.07, 6.45) is 3.30. The van der Waals surface area contributed by atoms with Crippen LogP contribution in [-0.2, 0) is 20.8 Å². The van der Waals surface area contributed by atoms with Crippen LogP contribution in [0.25, 0.3) is 11.6 Å². The van der Waals surface area contributed by atoms with Crippen LogP contribution < -0.4 is 21.3 Å². The van der Waals surface area contributed by atoms with Crippen LogP contribution in [0, 0.1) is 13.8 Å². The highest BCUT2D eigenvalue weighted by atomic mass is 16.2. The molecule has 4 heterocycles. The summed E-state index contributed by atoms with van der Waals surface area (Å²) in [4.78, 5) is 82.9. The van der Waals surface area contributed by atoms with Crippen molar-refractivity contribution >= 4 is 58.5 Å². The third-order valence-electron chi connectivity index (χ3n) is 9.13. The number of rotatable bonds is 11. The minimum absolute atomic E-state index is 0.0471. The summed E-state index contributed by atoms with van der Waals surface area (Å²) >= 11 is 0. The van der Waals surface area contributed by atoms with E-state index in [1.165, 1.54) is 0 Å². The molecular weight excluding hydrogens is 626 g/mol. The maximum absolute atomic E-state index is 13.3. The lowest BCUT2D eigenvalue weighted by molar-refractivity contribution is -0.136. The number of anilines is 2. The standard InChI is InChI=1S/C36H39N7O6/c1-19-27(18-24-23-17-21(13-16-42(3)4)9-10-25(23)40-32(24)45)39-20(2)30(19)34(47)38-15-6-14-37-26-8-5-7-22-31(26)36(49)43(35(22)48)28-11-12-29(44)41-33(28)46/h5,7-10,17-18,28,37,39H,6,11-16H2,1-4H3,(H,38,47)(H,40,45)(H,41,44,46)/b24-18-. The number of aryl methyl sites for hydroxylation is 1. The highest BCUT2D eigenvalue weighted by Crippen LogP contribution is 2.35. The summed E-state index contributed by atoms with van der Waals surface area (Å²) in [6.45, 7) is 5.29. The van der Waals surface area contributed by atoms with E-state index in [0.717, 1.165) is 40.2 Å². The molecule has 1 saturated heterocycles. The van der Waals surface area contributed by atoms with Crippen molar-refractivity contribution in [3.63, 3.8) is 0 Å². The molecule has 1 atom stereocenters. The maximum Gasteiger partial charge on any atom is 0.264 e. The Kier molecular flexibility index (Phi) is 9.20. The van der Waals surface area contributed by atoms with Crippen LogP contribution in [0.1, 0.15) is 78.4 Å². The van der Waals surface area contributed by atoms with Gasteiger partial charge in [-0.1, -0.05) is 12.1 Å². The van der Waals surface area contributed by atoms with Gasteiger partial charge in [0, 0.05) is 54.4 Å². The molecule has 3 aliphatic rings. The molecule has 1 unspecified atom stereocenters. The molecule has 0 spiro atoms. The lowest BCUT2D eigenvalue weighted by Crippen LogP contribution is -2.54. The Morgan fingerprint density at radius 3 is 2.55 bits per heavy atom. The number of benzene rings is 2. The molecule has 49 heavy (non-hydrogen) atoms. The largest absolute Gasteiger partial charge is 0.384 e. The number of likely N-dealkylation sites (N-methyl/N-ethyl adjacent to an activating group) is 1. The molecule has 13 nitrogen and oxygen atoms in total. The minimum atomic E-state index is -1.04. The van der Waals surface area contributed by atoms with Gasteiger partial charge in [-0.3, -0.25) is 39.0 Å². The van der Waals surface area contributed by atoms with Gasteiger partial charge in [-0.25, -0.2) is 0 Å². The van der Waals surface area contributed by atoms with E-state index < -0.39 is 29.7 Å². The predicted octanol–water partition coefficient (Wildman–Crippen LogP) is 2.86. The molecule has 0 saturated carbocycles. The number of nitrogens with one attached hydrogen (secondary N) is 5. The van der Waals surface area contributed by atoms with Gasteiger partial charge in [0.2, 0.25) is 11.8 Å². The number of carbonyl (C=O) groups excluding carboxylic acids is 6. The molecule has 5 N–H and O–H groups in total. The van der Waals surface area contributed by atoms with Crippen LogP contribution >= 0.6 is 0 Å². The SMILES string of the molecule is Cc1[nH]c(/C=C2\C(=O)Nc3ccc(CCN(C)C)cc32)c(C)c1C(=O)NCCCNc1cccc2c1C(=O)N(C1CCC(=O)NC1=O)C2=O. The van der Waals surface area contributed by atoms with Gasteiger partial charge >= 0.3 is 0 Å². The van der Waals surface area contributed by atoms with Gasteiger partial charge in [0.25, 0.3) is 23.6 Å². The Hall–Kier alpha value is -5.56. The van der Waals surface area contributed by atoms with E-state index in [1.54, 1.807) is 24.3 Å². The third-order valence-corrected chi connectivity index (χ3v) is 9.13. The fourth-order valence-corrected chi connectivity index (χ4v) is 6.55. The summed E-state index contributed by atoms with van der Waals surface area (Å²) in [7, 11) is 4.05. The summed E-state index contributed by atoms with van der Waals surface area (Å²) in [5.41, 5.74) is 6.72. The first-order valence-corrected chi connectivity index (χ1v) is 16.3. The smallest absolute Gasteiger partial charge is 0.264 e. The van der Waals surface area contributed by atoms with Crippen LogP contribution in [0.4, 0.5) is 11.4 Å². The van der Waals surface area contributed by atoms with Crippen LogP contribution in [0.3, 0.4) is 0 Å². The number of H-pyrrole nitrogens is 1. The molecular formula is C36H39N7O6. The summed E-state index contributed by atoms with van der Waals surface area (Å²) < 4.78 is 0. The van der Waals surface area contributed by atoms with Gasteiger partial charge < -0.3 is 25.8 Å². The molecule has 6 rings (SSSR count). The molecule has 0 radical (unpaired) electrons. The first-order chi connectivity index (χ1) is 23.4. The maximum atomic E-state index is 13.3. The van der Waals surface area contributed by atoms with E-state index in [0.29, 0.717) is 47.7 Å². The van der Waals surface area contributed by atoms with Gasteiger partial charge in [0.15, 0.2) is 0 Å². The highest BCUT2D eigenvalue weighted by molar-refractivity contribution is 6.35. The van der Waals surface area contributed by atoms with Gasteiger partial charge in [-0.15, -0.1) is 0 Å². The topological polar surface area (TPSA) is 173 Å². The van der Waals surface area contributed by atoms with Gasteiger partial charge in [-0.2, -0.15) is 0 Å². The molecule has 254 valence electrons. The molecule has 2 aromatic carbocycles. The number of nitrogens with zero attached hydrogens (tertiary/aromatic N) is 2. The van der Waals surface area contributed by atoms with Crippen molar-refractivity contribution in [2.75, 3.05) is 44.4 Å². The second-order valence-corrected chi connectivity index (χ2v) is 12.8. The summed E-state index contributed by atoms with van der Waals surface area (Å²) in [5, 5.41) is 11.3. The highest BCUT2D eigenvalue weighted by Gasteiger charge is 2.45. The number of hydrogen-bond acceptors (Lipinski definition) is 8. The van der Waals surface area contributed by atoms with Gasteiger partial charge in [0.05, 0.1) is 22.3 Å². The van der Waals surface area contributed by atoms with Crippen molar-refractivity contribution in [2.45, 2.75) is 45.6 Å². The number of aromatic amines is 1. The third kappa shape index (κ3) is 6.49. The van der Waals surface area contributed by atoms with Crippen molar-refractivity contribution < 1.29 is 28.8 Å². The Bertz CT molecular complexity index is 1940. The Morgan fingerprint density at radius 1 is 1.00 bits per heavy atom. The molecule has 3 aliphatic heterocycles.